The first-order valence-corrected chi connectivity index (χ1v) is 10.5. The van der Waals surface area contributed by atoms with E-state index in [2.05, 4.69) is 6.92 Å². The third-order valence-electron chi connectivity index (χ3n) is 3.99. The first kappa shape index (κ1) is 24.1. The summed E-state index contributed by atoms with van der Waals surface area (Å²) in [5.41, 5.74) is 0. The van der Waals surface area contributed by atoms with E-state index in [9.17, 15) is 4.79 Å². The summed E-state index contributed by atoms with van der Waals surface area (Å²) in [5, 5.41) is 8.52. The van der Waals surface area contributed by atoms with Crippen LogP contribution in [0.2, 0.25) is 0 Å². The average molecular weight is 366 g/mol. The molecule has 0 fully saturated rings. The first-order valence-electron chi connectivity index (χ1n) is 9.28. The molecule has 0 bridgehead atoms. The molecule has 0 unspecified atom stereocenters. The second-order valence-electron chi connectivity index (χ2n) is 6.09. The summed E-state index contributed by atoms with van der Waals surface area (Å²) in [5.74, 6) is -0.653. The molecule has 0 aromatic carbocycles. The number of carboxylic acids is 1. The normalized spacial score (nSPS) is 10.1. The molecule has 0 radical (unpaired) electrons. The van der Waals surface area contributed by atoms with Gasteiger partial charge in [-0.1, -0.05) is 96.8 Å². The van der Waals surface area contributed by atoms with Crippen molar-refractivity contribution < 1.29 is 31.7 Å². The van der Waals surface area contributed by atoms with E-state index >= 15 is 0 Å². The minimum absolute atomic E-state index is 0.125. The van der Waals surface area contributed by atoms with Gasteiger partial charge < -0.3 is 5.11 Å². The van der Waals surface area contributed by atoms with E-state index < -0.39 is 5.97 Å². The van der Waals surface area contributed by atoms with E-state index in [-0.39, 0.29) is 18.3 Å². The Morgan fingerprint density at radius 2 is 0.909 bits per heavy atom. The van der Waals surface area contributed by atoms with Crippen molar-refractivity contribution in [3.8, 4) is 0 Å². The number of rotatable bonds is 16. The number of aliphatic carboxylic acids is 1. The second-order valence-corrected chi connectivity index (χ2v) is 6.09. The SMILES string of the molecule is CCCCCCCCCCCCCCCCCC(=O)O.[O]=[Zn]. The average Bonchev–Trinajstić information content (AvgIpc) is 2.53. The Bertz CT molecular complexity index is 222. The first-order chi connectivity index (χ1) is 10.8. The fraction of sp³-hybridized carbons (Fsp3) is 0.944. The summed E-state index contributed by atoms with van der Waals surface area (Å²) < 4.78 is 8.38. The van der Waals surface area contributed by atoms with Crippen LogP contribution in [-0.4, -0.2) is 11.1 Å². The molecular weight excluding hydrogens is 330 g/mol. The molecule has 0 heterocycles. The number of hydrogen-bond acceptors (Lipinski definition) is 2. The topological polar surface area (TPSA) is 54.4 Å². The molecule has 128 valence electrons. The van der Waals surface area contributed by atoms with Crippen LogP contribution < -0.4 is 0 Å². The van der Waals surface area contributed by atoms with E-state index in [1.165, 1.54) is 83.5 Å². The van der Waals surface area contributed by atoms with Crippen LogP contribution in [0.15, 0.2) is 0 Å². The molecule has 4 heteroatoms. The molecule has 22 heavy (non-hydrogen) atoms. The summed E-state index contributed by atoms with van der Waals surface area (Å²) >= 11 is 0.125. The van der Waals surface area contributed by atoms with Gasteiger partial charge in [0.05, 0.1) is 0 Å². The molecule has 0 aliphatic carbocycles. The number of carboxylic acid groups (broad SMARTS) is 1. The number of unbranched alkanes of at least 4 members (excludes halogenated alkanes) is 14. The van der Waals surface area contributed by atoms with Gasteiger partial charge in [-0.05, 0) is 6.42 Å². The Kier molecular flexibility index (Phi) is 25.4. The minimum atomic E-state index is -0.653. The molecule has 0 spiro atoms. The van der Waals surface area contributed by atoms with Crippen LogP contribution in [0, 0.1) is 0 Å². The molecule has 1 N–H and O–H groups in total. The molecule has 0 amide bonds. The number of carbonyl (C=O) groups is 1. The van der Waals surface area contributed by atoms with E-state index in [4.69, 9.17) is 8.68 Å². The van der Waals surface area contributed by atoms with Crippen molar-refractivity contribution >= 4 is 5.97 Å². The van der Waals surface area contributed by atoms with Crippen molar-refractivity contribution in [3.63, 3.8) is 0 Å². The Morgan fingerprint density at radius 3 is 1.18 bits per heavy atom. The maximum atomic E-state index is 10.3. The van der Waals surface area contributed by atoms with Crippen LogP contribution in [0.3, 0.4) is 0 Å². The van der Waals surface area contributed by atoms with Crippen LogP contribution in [-0.2, 0) is 26.6 Å². The fourth-order valence-corrected chi connectivity index (χ4v) is 2.65. The van der Waals surface area contributed by atoms with Gasteiger partial charge in [0.25, 0.3) is 0 Å². The van der Waals surface area contributed by atoms with Gasteiger partial charge >= 0.3 is 27.8 Å². The molecule has 0 aliphatic rings. The van der Waals surface area contributed by atoms with Gasteiger partial charge in [-0.15, -0.1) is 0 Å². The van der Waals surface area contributed by atoms with Crippen LogP contribution in [0.4, 0.5) is 0 Å². The molecule has 0 aliphatic heterocycles. The Labute approximate surface area is 147 Å². The zero-order valence-electron chi connectivity index (χ0n) is 14.8. The molecule has 0 atom stereocenters. The second kappa shape index (κ2) is 23.2. The number of hydrogen-bond donors (Lipinski definition) is 1. The van der Waals surface area contributed by atoms with Crippen molar-refractivity contribution in [3.05, 3.63) is 0 Å². The third kappa shape index (κ3) is 24.9. The zero-order valence-corrected chi connectivity index (χ0v) is 17.8. The van der Waals surface area contributed by atoms with Gasteiger partial charge in [0.2, 0.25) is 0 Å². The molecule has 0 aromatic rings. The van der Waals surface area contributed by atoms with E-state index in [1.807, 2.05) is 0 Å². The predicted molar refractivity (Wildman–Crippen MR) is 87.9 cm³/mol. The Hall–Kier alpha value is -0.107. The van der Waals surface area contributed by atoms with Gasteiger partial charge in [-0.2, -0.15) is 0 Å². The van der Waals surface area contributed by atoms with Crippen molar-refractivity contribution in [1.82, 2.24) is 0 Å². The van der Waals surface area contributed by atoms with Crippen LogP contribution in [0.25, 0.3) is 0 Å². The van der Waals surface area contributed by atoms with Gasteiger partial charge in [-0.25, -0.2) is 0 Å². The van der Waals surface area contributed by atoms with Gasteiger partial charge in [0, 0.05) is 6.42 Å². The van der Waals surface area contributed by atoms with Crippen molar-refractivity contribution in [2.75, 3.05) is 0 Å². The van der Waals surface area contributed by atoms with Crippen molar-refractivity contribution in [2.45, 2.75) is 110 Å². The van der Waals surface area contributed by atoms with Crippen molar-refractivity contribution in [2.24, 2.45) is 0 Å². The summed E-state index contributed by atoms with van der Waals surface area (Å²) in [7, 11) is 0. The van der Waals surface area contributed by atoms with Crippen LogP contribution >= 0.6 is 0 Å². The molecule has 0 aromatic heterocycles. The standard InChI is InChI=1S/C18H36O2.O.Zn/c1-2-3-4-5-6-7-8-9-10-11-12-13-14-15-16-17-18(19)20;;/h2-17H2,1H3,(H,19,20);;. The summed E-state index contributed by atoms with van der Waals surface area (Å²) in [6.07, 6.45) is 20.2. The molecular formula is C18H36O3Zn. The van der Waals surface area contributed by atoms with E-state index in [1.54, 1.807) is 0 Å². The van der Waals surface area contributed by atoms with Crippen LogP contribution in [0.5, 0.6) is 0 Å². The van der Waals surface area contributed by atoms with E-state index in [0.717, 1.165) is 12.8 Å². The zero-order chi connectivity index (χ0) is 16.9. The third-order valence-corrected chi connectivity index (χ3v) is 3.99. The molecule has 3 nitrogen and oxygen atoms in total. The Balaban J connectivity index is 0. The molecule has 0 rings (SSSR count). The quantitative estimate of drug-likeness (QED) is 0.261. The predicted octanol–water partition coefficient (Wildman–Crippen LogP) is 6.21. The summed E-state index contributed by atoms with van der Waals surface area (Å²) in [4.78, 5) is 10.3. The van der Waals surface area contributed by atoms with E-state index in [0.29, 0.717) is 6.42 Å². The molecule has 0 saturated carbocycles. The van der Waals surface area contributed by atoms with Crippen molar-refractivity contribution in [1.29, 1.82) is 0 Å². The van der Waals surface area contributed by atoms with Gasteiger partial charge in [0.15, 0.2) is 0 Å². The van der Waals surface area contributed by atoms with Gasteiger partial charge in [-0.3, -0.25) is 4.79 Å². The van der Waals surface area contributed by atoms with Crippen LogP contribution in [0.1, 0.15) is 110 Å². The maximum absolute atomic E-state index is 10.3. The fourth-order valence-electron chi connectivity index (χ4n) is 2.65. The summed E-state index contributed by atoms with van der Waals surface area (Å²) in [6.45, 7) is 2.27. The Morgan fingerprint density at radius 1 is 0.636 bits per heavy atom. The monoisotopic (exact) mass is 364 g/mol. The van der Waals surface area contributed by atoms with Gasteiger partial charge in [0.1, 0.15) is 0 Å². The summed E-state index contributed by atoms with van der Waals surface area (Å²) in [6, 6.07) is 0. The molecule has 0 saturated heterocycles.